The van der Waals surface area contributed by atoms with E-state index in [0.717, 1.165) is 28.6 Å². The standard InChI is InChI=1S/C28H25NO4/c1-20(30)33-28-17-21(12-14-27(28)32-2)11-13-24(31)18-23-9-6-10-26-25(23)15-16-29(26)19-22-7-4-3-5-8-22/h3-17H,18-19H2,1-2H3/b13-11+. The first kappa shape index (κ1) is 22.1. The predicted octanol–water partition coefficient (Wildman–Crippen LogP) is 5.45. The maximum atomic E-state index is 12.7. The minimum atomic E-state index is -0.433. The Balaban J connectivity index is 1.50. The highest BCUT2D eigenvalue weighted by Gasteiger charge is 2.10. The highest BCUT2D eigenvalue weighted by atomic mass is 16.6. The molecule has 1 aromatic heterocycles. The molecule has 5 heteroatoms. The van der Waals surface area contributed by atoms with E-state index in [1.807, 2.05) is 30.3 Å². The van der Waals surface area contributed by atoms with Gasteiger partial charge in [0.2, 0.25) is 0 Å². The Labute approximate surface area is 192 Å². The molecule has 0 amide bonds. The molecule has 0 saturated heterocycles. The van der Waals surface area contributed by atoms with Gasteiger partial charge < -0.3 is 14.0 Å². The van der Waals surface area contributed by atoms with Crippen molar-refractivity contribution in [2.24, 2.45) is 0 Å². The molecular formula is C28H25NO4. The van der Waals surface area contributed by atoms with E-state index < -0.39 is 5.97 Å². The third-order valence-electron chi connectivity index (χ3n) is 5.37. The molecule has 4 rings (SSSR count). The number of benzene rings is 3. The van der Waals surface area contributed by atoms with Crippen molar-refractivity contribution in [3.8, 4) is 11.5 Å². The van der Waals surface area contributed by atoms with Crippen LogP contribution in [0, 0.1) is 0 Å². The number of methoxy groups -OCH3 is 1. The van der Waals surface area contributed by atoms with Crippen molar-refractivity contribution in [1.82, 2.24) is 4.57 Å². The van der Waals surface area contributed by atoms with Crippen molar-refractivity contribution in [2.45, 2.75) is 19.9 Å². The van der Waals surface area contributed by atoms with Gasteiger partial charge in [0.1, 0.15) is 0 Å². The van der Waals surface area contributed by atoms with Gasteiger partial charge in [-0.3, -0.25) is 9.59 Å². The number of carbonyl (C=O) groups is 2. The van der Waals surface area contributed by atoms with Gasteiger partial charge in [0.15, 0.2) is 17.3 Å². The Morgan fingerprint density at radius 3 is 2.52 bits per heavy atom. The summed E-state index contributed by atoms with van der Waals surface area (Å²) >= 11 is 0. The Morgan fingerprint density at radius 1 is 0.939 bits per heavy atom. The lowest BCUT2D eigenvalue weighted by Gasteiger charge is -2.08. The van der Waals surface area contributed by atoms with E-state index in [0.29, 0.717) is 17.9 Å². The summed E-state index contributed by atoms with van der Waals surface area (Å²) in [6.45, 7) is 2.11. The van der Waals surface area contributed by atoms with E-state index in [1.165, 1.54) is 19.6 Å². The molecule has 0 saturated carbocycles. The molecule has 33 heavy (non-hydrogen) atoms. The summed E-state index contributed by atoms with van der Waals surface area (Å²) < 4.78 is 12.6. The number of ether oxygens (including phenoxy) is 2. The zero-order valence-corrected chi connectivity index (χ0v) is 18.7. The van der Waals surface area contributed by atoms with Gasteiger partial charge in [-0.05, 0) is 47.0 Å². The van der Waals surface area contributed by atoms with Crippen molar-refractivity contribution in [3.63, 3.8) is 0 Å². The lowest BCUT2D eigenvalue weighted by Crippen LogP contribution is -2.03. The fourth-order valence-electron chi connectivity index (χ4n) is 3.83. The second-order valence-electron chi connectivity index (χ2n) is 7.76. The summed E-state index contributed by atoms with van der Waals surface area (Å²) in [6, 6.07) is 23.6. The second-order valence-corrected chi connectivity index (χ2v) is 7.76. The molecule has 166 valence electrons. The van der Waals surface area contributed by atoms with Crippen LogP contribution in [0.1, 0.15) is 23.6 Å². The van der Waals surface area contributed by atoms with Gasteiger partial charge >= 0.3 is 5.97 Å². The number of carbonyl (C=O) groups excluding carboxylic acids is 2. The van der Waals surface area contributed by atoms with Crippen LogP contribution in [0.25, 0.3) is 17.0 Å². The molecule has 0 unspecified atom stereocenters. The number of allylic oxidation sites excluding steroid dienone is 1. The molecular weight excluding hydrogens is 414 g/mol. The molecule has 5 nitrogen and oxygen atoms in total. The third kappa shape index (κ3) is 5.39. The van der Waals surface area contributed by atoms with Crippen molar-refractivity contribution < 1.29 is 19.1 Å². The summed E-state index contributed by atoms with van der Waals surface area (Å²) in [5.41, 5.74) is 4.07. The van der Waals surface area contributed by atoms with E-state index in [1.54, 1.807) is 30.4 Å². The molecule has 0 radical (unpaired) electrons. The first-order chi connectivity index (χ1) is 16.0. The Hall–Kier alpha value is -4.12. The molecule has 0 aliphatic rings. The van der Waals surface area contributed by atoms with Crippen molar-refractivity contribution in [3.05, 3.63) is 102 Å². The highest BCUT2D eigenvalue weighted by Crippen LogP contribution is 2.29. The number of hydrogen-bond acceptors (Lipinski definition) is 4. The van der Waals surface area contributed by atoms with E-state index >= 15 is 0 Å². The monoisotopic (exact) mass is 439 g/mol. The van der Waals surface area contributed by atoms with Gasteiger partial charge in [-0.1, -0.05) is 54.6 Å². The quantitative estimate of drug-likeness (QED) is 0.208. The van der Waals surface area contributed by atoms with Gasteiger partial charge in [-0.25, -0.2) is 0 Å². The third-order valence-corrected chi connectivity index (χ3v) is 5.37. The van der Waals surface area contributed by atoms with Gasteiger partial charge in [-0.15, -0.1) is 0 Å². The Kier molecular flexibility index (Phi) is 6.69. The molecule has 0 bridgehead atoms. The molecule has 0 fully saturated rings. The summed E-state index contributed by atoms with van der Waals surface area (Å²) in [5, 5.41) is 1.08. The molecule has 0 aliphatic heterocycles. The molecule has 0 spiro atoms. The first-order valence-corrected chi connectivity index (χ1v) is 10.7. The van der Waals surface area contributed by atoms with Crippen molar-refractivity contribution >= 4 is 28.7 Å². The number of fused-ring (bicyclic) bond motifs is 1. The minimum absolute atomic E-state index is 0.0110. The smallest absolute Gasteiger partial charge is 0.308 e. The van der Waals surface area contributed by atoms with Crippen molar-refractivity contribution in [1.29, 1.82) is 0 Å². The summed E-state index contributed by atoms with van der Waals surface area (Å²) in [6.07, 6.45) is 5.64. The lowest BCUT2D eigenvalue weighted by atomic mass is 10.0. The fraction of sp³-hybridized carbons (Fsp3) is 0.143. The average Bonchev–Trinajstić information content (AvgIpc) is 3.22. The zero-order chi connectivity index (χ0) is 23.2. The normalized spacial score (nSPS) is 11.1. The van der Waals surface area contributed by atoms with Crippen LogP contribution in [-0.2, 0) is 22.6 Å². The van der Waals surface area contributed by atoms with Crippen LogP contribution in [-0.4, -0.2) is 23.4 Å². The molecule has 0 N–H and O–H groups in total. The van der Waals surface area contributed by atoms with Crippen LogP contribution in [0.15, 0.2) is 85.1 Å². The number of hydrogen-bond donors (Lipinski definition) is 0. The van der Waals surface area contributed by atoms with Crippen LogP contribution in [0.2, 0.25) is 0 Å². The lowest BCUT2D eigenvalue weighted by molar-refractivity contribution is -0.132. The van der Waals surface area contributed by atoms with Gasteiger partial charge in [0.05, 0.1) is 7.11 Å². The molecule has 0 atom stereocenters. The number of aromatic nitrogens is 1. The van der Waals surface area contributed by atoms with Crippen LogP contribution in [0.3, 0.4) is 0 Å². The van der Waals surface area contributed by atoms with Crippen molar-refractivity contribution in [2.75, 3.05) is 7.11 Å². The van der Waals surface area contributed by atoms with Crippen LogP contribution < -0.4 is 9.47 Å². The van der Waals surface area contributed by atoms with Crippen LogP contribution in [0.4, 0.5) is 0 Å². The summed E-state index contributed by atoms with van der Waals surface area (Å²) in [5.74, 6) is 0.338. The highest BCUT2D eigenvalue weighted by molar-refractivity contribution is 5.98. The average molecular weight is 440 g/mol. The largest absolute Gasteiger partial charge is 0.493 e. The van der Waals surface area contributed by atoms with Crippen LogP contribution in [0.5, 0.6) is 11.5 Å². The number of nitrogens with zero attached hydrogens (tertiary/aromatic N) is 1. The minimum Gasteiger partial charge on any atom is -0.493 e. The SMILES string of the molecule is COc1ccc(/C=C/C(=O)Cc2cccc3c2ccn3Cc2ccccc2)cc1OC(C)=O. The molecule has 0 aliphatic carbocycles. The first-order valence-electron chi connectivity index (χ1n) is 10.7. The maximum absolute atomic E-state index is 12.7. The maximum Gasteiger partial charge on any atom is 0.308 e. The second kappa shape index (κ2) is 10.0. The summed E-state index contributed by atoms with van der Waals surface area (Å²) in [4.78, 5) is 24.0. The Bertz CT molecular complexity index is 1320. The van der Waals surface area contributed by atoms with E-state index in [9.17, 15) is 9.59 Å². The van der Waals surface area contributed by atoms with E-state index in [-0.39, 0.29) is 5.78 Å². The number of rotatable bonds is 8. The topological polar surface area (TPSA) is 57.5 Å². The van der Waals surface area contributed by atoms with Crippen LogP contribution >= 0.6 is 0 Å². The number of esters is 1. The number of ketones is 1. The van der Waals surface area contributed by atoms with Gasteiger partial charge in [-0.2, -0.15) is 0 Å². The molecule has 1 heterocycles. The van der Waals surface area contributed by atoms with Gasteiger partial charge in [0, 0.05) is 37.0 Å². The molecule has 4 aromatic rings. The predicted molar refractivity (Wildman–Crippen MR) is 130 cm³/mol. The van der Waals surface area contributed by atoms with E-state index in [2.05, 4.69) is 35.0 Å². The van der Waals surface area contributed by atoms with E-state index in [4.69, 9.17) is 9.47 Å². The molecule has 3 aromatic carbocycles. The fourth-order valence-corrected chi connectivity index (χ4v) is 3.83. The van der Waals surface area contributed by atoms with Gasteiger partial charge in [0.25, 0.3) is 0 Å². The summed E-state index contributed by atoms with van der Waals surface area (Å²) in [7, 11) is 1.51. The zero-order valence-electron chi connectivity index (χ0n) is 18.7. The Morgan fingerprint density at radius 2 is 1.76 bits per heavy atom.